The quantitative estimate of drug-likeness (QED) is 0.695. The number of carbonyl (C=O) groups excluding carboxylic acids is 1. The summed E-state index contributed by atoms with van der Waals surface area (Å²) in [6.45, 7) is 2.42. The molecule has 3 aromatic rings. The number of furan rings is 1. The molecule has 3 heterocycles. The minimum atomic E-state index is -0.278. The lowest BCUT2D eigenvalue weighted by Crippen LogP contribution is -2.42. The molecule has 5 rings (SSSR count). The van der Waals surface area contributed by atoms with E-state index in [1.807, 2.05) is 36.4 Å². The van der Waals surface area contributed by atoms with Crippen molar-refractivity contribution < 1.29 is 23.4 Å². The van der Waals surface area contributed by atoms with Gasteiger partial charge in [0.25, 0.3) is 0 Å². The van der Waals surface area contributed by atoms with Crippen LogP contribution in [0, 0.1) is 0 Å². The zero-order chi connectivity index (χ0) is 20.7. The maximum Gasteiger partial charge on any atom is 0.238 e. The Balaban J connectivity index is 1.35. The number of fused-ring (bicyclic) bond motifs is 3. The second-order valence-electron chi connectivity index (χ2n) is 8.11. The lowest BCUT2D eigenvalue weighted by molar-refractivity contribution is -0.117. The van der Waals surface area contributed by atoms with E-state index in [1.165, 1.54) is 0 Å². The Morgan fingerprint density at radius 1 is 1.23 bits per heavy atom. The molecular weight excluding hydrogens is 384 g/mol. The van der Waals surface area contributed by atoms with Crippen molar-refractivity contribution in [1.29, 1.82) is 0 Å². The molecule has 1 N–H and O–H groups in total. The molecule has 7 nitrogen and oxygen atoms in total. The number of nitrogens with one attached hydrogen (secondary N) is 1. The number of likely N-dealkylation sites (tertiary alicyclic amines) is 1. The summed E-state index contributed by atoms with van der Waals surface area (Å²) in [5.74, 6) is 0.503. The monoisotopic (exact) mass is 410 g/mol. The molecule has 2 fully saturated rings. The molecule has 2 saturated heterocycles. The van der Waals surface area contributed by atoms with Gasteiger partial charge in [0.2, 0.25) is 5.91 Å². The summed E-state index contributed by atoms with van der Waals surface area (Å²) in [4.78, 5) is 14.9. The highest BCUT2D eigenvalue weighted by molar-refractivity contribution is 6.07. The molecule has 2 aromatic carbocycles. The summed E-state index contributed by atoms with van der Waals surface area (Å²) in [5, 5.41) is 4.97. The molecule has 30 heavy (non-hydrogen) atoms. The van der Waals surface area contributed by atoms with Crippen LogP contribution in [0.4, 0.5) is 5.69 Å². The zero-order valence-electron chi connectivity index (χ0n) is 17.3. The van der Waals surface area contributed by atoms with Crippen LogP contribution in [0.1, 0.15) is 12.8 Å². The number of nitrogens with zero attached hydrogens (tertiary/aromatic N) is 1. The molecule has 0 radical (unpaired) electrons. The number of benzene rings is 2. The minimum Gasteiger partial charge on any atom is -0.495 e. The molecule has 7 heteroatoms. The van der Waals surface area contributed by atoms with Gasteiger partial charge in [-0.05, 0) is 25.0 Å². The highest BCUT2D eigenvalue weighted by atomic mass is 16.6. The second kappa shape index (κ2) is 7.58. The minimum absolute atomic E-state index is 0.00534. The molecule has 2 aliphatic heterocycles. The van der Waals surface area contributed by atoms with Gasteiger partial charge in [-0.25, -0.2) is 0 Å². The Morgan fingerprint density at radius 2 is 2.10 bits per heavy atom. The second-order valence-corrected chi connectivity index (χ2v) is 8.11. The fraction of sp³-hybridized carbons (Fsp3) is 0.435. The summed E-state index contributed by atoms with van der Waals surface area (Å²) >= 11 is 0. The van der Waals surface area contributed by atoms with Crippen molar-refractivity contribution in [2.24, 2.45) is 0 Å². The molecule has 0 bridgehead atoms. The summed E-state index contributed by atoms with van der Waals surface area (Å²) in [6.07, 6.45) is 2.00. The van der Waals surface area contributed by atoms with Crippen molar-refractivity contribution in [3.8, 4) is 5.75 Å². The topological polar surface area (TPSA) is 73.2 Å². The Hall–Kier alpha value is -2.61. The van der Waals surface area contributed by atoms with E-state index < -0.39 is 0 Å². The number of para-hydroxylation sites is 1. The lowest BCUT2D eigenvalue weighted by Gasteiger charge is -2.28. The van der Waals surface area contributed by atoms with Gasteiger partial charge in [0.15, 0.2) is 0 Å². The van der Waals surface area contributed by atoms with Crippen LogP contribution in [0.2, 0.25) is 0 Å². The number of anilines is 1. The Kier molecular flexibility index (Phi) is 4.89. The standard InChI is InChI=1S/C23H26N2O5/c1-27-20-10-16-15-6-3-4-7-18(15)30-19(16)11-17(20)24-22(26)13-25-12-21(28-2)23(14-25)8-5-9-29-23/h3-4,6-7,10-11,21H,5,8-9,12-14H2,1-2H3,(H,24,26)/t21-,23-/m1/s1. The highest BCUT2D eigenvalue weighted by Crippen LogP contribution is 2.38. The normalized spacial score (nSPS) is 24.3. The van der Waals surface area contributed by atoms with Gasteiger partial charge in [-0.2, -0.15) is 0 Å². The maximum atomic E-state index is 12.8. The van der Waals surface area contributed by atoms with E-state index in [4.69, 9.17) is 18.6 Å². The molecule has 1 aromatic heterocycles. The molecule has 0 aliphatic carbocycles. The highest BCUT2D eigenvalue weighted by Gasteiger charge is 2.50. The number of ether oxygens (including phenoxy) is 3. The number of hydrogen-bond acceptors (Lipinski definition) is 6. The number of carbonyl (C=O) groups is 1. The molecule has 158 valence electrons. The van der Waals surface area contributed by atoms with E-state index in [2.05, 4.69) is 10.2 Å². The Morgan fingerprint density at radius 3 is 2.87 bits per heavy atom. The van der Waals surface area contributed by atoms with Gasteiger partial charge in [0, 0.05) is 43.6 Å². The van der Waals surface area contributed by atoms with Crippen LogP contribution >= 0.6 is 0 Å². The smallest absolute Gasteiger partial charge is 0.238 e. The summed E-state index contributed by atoms with van der Waals surface area (Å²) in [6, 6.07) is 11.6. The number of amides is 1. The van der Waals surface area contributed by atoms with E-state index >= 15 is 0 Å². The Labute approximate surface area is 174 Å². The van der Waals surface area contributed by atoms with Crippen molar-refractivity contribution in [3.63, 3.8) is 0 Å². The van der Waals surface area contributed by atoms with Gasteiger partial charge >= 0.3 is 0 Å². The lowest BCUT2D eigenvalue weighted by atomic mass is 9.97. The van der Waals surface area contributed by atoms with E-state index in [1.54, 1.807) is 14.2 Å². The van der Waals surface area contributed by atoms with E-state index in [0.29, 0.717) is 30.1 Å². The SMILES string of the molecule is COc1cc2c(cc1NC(=O)CN1C[C@@H](OC)[C@@]3(CCCO3)C1)oc1ccccc12. The third-order valence-electron chi connectivity index (χ3n) is 6.26. The van der Waals surface area contributed by atoms with Crippen LogP contribution < -0.4 is 10.1 Å². The van der Waals surface area contributed by atoms with E-state index in [-0.39, 0.29) is 24.2 Å². The van der Waals surface area contributed by atoms with Gasteiger partial charge in [-0.1, -0.05) is 18.2 Å². The molecule has 2 aliphatic rings. The molecule has 1 amide bonds. The van der Waals surface area contributed by atoms with Crippen LogP contribution in [0.3, 0.4) is 0 Å². The molecular formula is C23H26N2O5. The third-order valence-corrected chi connectivity index (χ3v) is 6.26. The Bertz CT molecular complexity index is 1090. The molecule has 2 atom stereocenters. The first-order valence-electron chi connectivity index (χ1n) is 10.3. The van der Waals surface area contributed by atoms with Crippen LogP contribution in [0.15, 0.2) is 40.8 Å². The van der Waals surface area contributed by atoms with Crippen LogP contribution in [-0.4, -0.2) is 63.0 Å². The van der Waals surface area contributed by atoms with Gasteiger partial charge in [-0.3, -0.25) is 9.69 Å². The van der Waals surface area contributed by atoms with Crippen LogP contribution in [0.25, 0.3) is 21.9 Å². The van der Waals surface area contributed by atoms with Crippen molar-refractivity contribution in [1.82, 2.24) is 4.90 Å². The zero-order valence-corrected chi connectivity index (χ0v) is 17.3. The average molecular weight is 410 g/mol. The number of hydrogen-bond donors (Lipinski definition) is 1. The van der Waals surface area contributed by atoms with E-state index in [0.717, 1.165) is 35.8 Å². The summed E-state index contributed by atoms with van der Waals surface area (Å²) < 4.78 is 23.2. The molecule has 0 unspecified atom stereocenters. The summed E-state index contributed by atoms with van der Waals surface area (Å²) in [5.41, 5.74) is 1.84. The predicted octanol–water partition coefficient (Wildman–Crippen LogP) is 3.41. The number of methoxy groups -OCH3 is 2. The van der Waals surface area contributed by atoms with Gasteiger partial charge in [0.05, 0.1) is 25.4 Å². The van der Waals surface area contributed by atoms with Crippen molar-refractivity contribution in [2.75, 3.05) is 45.8 Å². The van der Waals surface area contributed by atoms with Crippen LogP contribution in [0.5, 0.6) is 5.75 Å². The predicted molar refractivity (Wildman–Crippen MR) is 114 cm³/mol. The van der Waals surface area contributed by atoms with Gasteiger partial charge in [-0.15, -0.1) is 0 Å². The number of rotatable bonds is 5. The van der Waals surface area contributed by atoms with Crippen molar-refractivity contribution in [2.45, 2.75) is 24.5 Å². The maximum absolute atomic E-state index is 12.8. The van der Waals surface area contributed by atoms with Crippen LogP contribution in [-0.2, 0) is 14.3 Å². The molecule has 1 spiro atoms. The molecule has 0 saturated carbocycles. The van der Waals surface area contributed by atoms with Gasteiger partial charge in [0.1, 0.15) is 22.5 Å². The fourth-order valence-corrected chi connectivity index (χ4v) is 4.86. The first-order chi connectivity index (χ1) is 14.6. The first-order valence-corrected chi connectivity index (χ1v) is 10.3. The largest absolute Gasteiger partial charge is 0.495 e. The van der Waals surface area contributed by atoms with Crippen molar-refractivity contribution >= 4 is 33.5 Å². The average Bonchev–Trinajstić information content (AvgIpc) is 3.44. The van der Waals surface area contributed by atoms with Crippen molar-refractivity contribution in [3.05, 3.63) is 36.4 Å². The fourth-order valence-electron chi connectivity index (χ4n) is 4.86. The summed E-state index contributed by atoms with van der Waals surface area (Å²) in [7, 11) is 3.31. The first kappa shape index (κ1) is 19.4. The third kappa shape index (κ3) is 3.23. The van der Waals surface area contributed by atoms with E-state index in [9.17, 15) is 4.79 Å². The van der Waals surface area contributed by atoms with Gasteiger partial charge < -0.3 is 23.9 Å².